The van der Waals surface area contributed by atoms with Gasteiger partial charge < -0.3 is 5.32 Å². The molecule has 9 heteroatoms. The van der Waals surface area contributed by atoms with Crippen molar-refractivity contribution in [3.8, 4) is 0 Å². The molecule has 1 heterocycles. The summed E-state index contributed by atoms with van der Waals surface area (Å²) in [4.78, 5) is 38.1. The molecule has 1 atom stereocenters. The van der Waals surface area contributed by atoms with Crippen molar-refractivity contribution in [3.05, 3.63) is 64.6 Å². The fourth-order valence-electron chi connectivity index (χ4n) is 2.56. The first-order valence-electron chi connectivity index (χ1n) is 8.26. The maximum atomic E-state index is 12.8. The molecule has 2 aromatic rings. The van der Waals surface area contributed by atoms with Crippen molar-refractivity contribution in [2.24, 2.45) is 11.0 Å². The Morgan fingerprint density at radius 2 is 1.86 bits per heavy atom. The second-order valence-electron chi connectivity index (χ2n) is 5.90. The normalized spacial score (nSPS) is 17.0. The predicted octanol–water partition coefficient (Wildman–Crippen LogP) is 2.16. The Hall–Kier alpha value is -2.91. The lowest BCUT2D eigenvalue weighted by Crippen LogP contribution is -2.58. The van der Waals surface area contributed by atoms with Gasteiger partial charge in [0.2, 0.25) is 11.8 Å². The third-order valence-electron chi connectivity index (χ3n) is 3.91. The number of amides is 3. The number of hydrogen-bond donors (Lipinski definition) is 2. The second-order valence-corrected chi connectivity index (χ2v) is 7.20. The Kier molecular flexibility index (Phi) is 6.27. The van der Waals surface area contributed by atoms with Crippen LogP contribution in [0.4, 0.5) is 5.69 Å². The molecule has 7 nitrogen and oxygen atoms in total. The number of nitrogens with one attached hydrogen (secondary N) is 2. The summed E-state index contributed by atoms with van der Waals surface area (Å²) in [5.41, 5.74) is 3.68. The number of carbonyl (C=O) groups excluding carboxylic acids is 3. The smallest absolute Gasteiger partial charge is 0.251 e. The molecular formula is C19H15BrN4O3S. The van der Waals surface area contributed by atoms with E-state index in [4.69, 9.17) is 12.2 Å². The summed E-state index contributed by atoms with van der Waals surface area (Å²) < 4.78 is 0.843. The molecule has 0 unspecified atom stereocenters. The standard InChI is InChI=1S/C19H15BrN4O3S/c20-13-6-8-14(9-7-13)24-18(27)15(17(26)22-19(24)28)11-21-23-16(25)10-12-4-2-1-3-5-12/h1-9,11,15H,10H2,(H,23,25)(H,22,26,28)/b21-11-/t15-/m0/s1. The maximum absolute atomic E-state index is 12.8. The Labute approximate surface area is 174 Å². The topological polar surface area (TPSA) is 90.9 Å². The average molecular weight is 459 g/mol. The number of halogens is 1. The molecular weight excluding hydrogens is 444 g/mol. The number of carbonyl (C=O) groups is 3. The first-order chi connectivity index (χ1) is 13.5. The quantitative estimate of drug-likeness (QED) is 0.310. The van der Waals surface area contributed by atoms with Crippen molar-refractivity contribution in [2.45, 2.75) is 6.42 Å². The van der Waals surface area contributed by atoms with E-state index in [0.29, 0.717) is 5.69 Å². The van der Waals surface area contributed by atoms with Gasteiger partial charge in [-0.1, -0.05) is 46.3 Å². The first kappa shape index (κ1) is 19.8. The van der Waals surface area contributed by atoms with E-state index in [1.54, 1.807) is 24.3 Å². The molecule has 0 aliphatic carbocycles. The fourth-order valence-corrected chi connectivity index (χ4v) is 3.12. The highest BCUT2D eigenvalue weighted by atomic mass is 79.9. The summed E-state index contributed by atoms with van der Waals surface area (Å²) in [6.45, 7) is 0. The summed E-state index contributed by atoms with van der Waals surface area (Å²) in [7, 11) is 0. The zero-order chi connectivity index (χ0) is 20.1. The third kappa shape index (κ3) is 4.68. The minimum Gasteiger partial charge on any atom is -0.301 e. The number of hydrogen-bond acceptors (Lipinski definition) is 5. The Balaban J connectivity index is 1.68. The molecule has 142 valence electrons. The van der Waals surface area contributed by atoms with Crippen LogP contribution in [0.25, 0.3) is 0 Å². The third-order valence-corrected chi connectivity index (χ3v) is 4.72. The number of thiocarbonyl (C=S) groups is 1. The highest BCUT2D eigenvalue weighted by molar-refractivity contribution is 9.10. The average Bonchev–Trinajstić information content (AvgIpc) is 2.66. The molecule has 1 aliphatic heterocycles. The van der Waals surface area contributed by atoms with Gasteiger partial charge in [-0.05, 0) is 42.0 Å². The van der Waals surface area contributed by atoms with Crippen molar-refractivity contribution in [3.63, 3.8) is 0 Å². The van der Waals surface area contributed by atoms with Crippen molar-refractivity contribution in [1.29, 1.82) is 0 Å². The van der Waals surface area contributed by atoms with E-state index < -0.39 is 17.7 Å². The summed E-state index contributed by atoms with van der Waals surface area (Å²) >= 11 is 8.45. The molecule has 2 aromatic carbocycles. The van der Waals surface area contributed by atoms with Crippen molar-refractivity contribution < 1.29 is 14.4 Å². The lowest BCUT2D eigenvalue weighted by molar-refractivity contribution is -0.130. The Morgan fingerprint density at radius 3 is 2.54 bits per heavy atom. The van der Waals surface area contributed by atoms with E-state index in [1.807, 2.05) is 30.3 Å². The number of rotatable bonds is 5. The molecule has 0 spiro atoms. The van der Waals surface area contributed by atoms with Gasteiger partial charge in [0.1, 0.15) is 0 Å². The van der Waals surface area contributed by atoms with Gasteiger partial charge in [0.25, 0.3) is 5.91 Å². The van der Waals surface area contributed by atoms with Crippen LogP contribution in [0.1, 0.15) is 5.56 Å². The maximum Gasteiger partial charge on any atom is 0.251 e. The number of hydrazone groups is 1. The van der Waals surface area contributed by atoms with Crippen LogP contribution in [0.2, 0.25) is 0 Å². The van der Waals surface area contributed by atoms with Gasteiger partial charge in [0.05, 0.1) is 12.1 Å². The summed E-state index contributed by atoms with van der Waals surface area (Å²) in [5, 5.41) is 6.25. The van der Waals surface area contributed by atoms with Crippen LogP contribution in [0.15, 0.2) is 64.2 Å². The number of benzene rings is 2. The highest BCUT2D eigenvalue weighted by Crippen LogP contribution is 2.22. The van der Waals surface area contributed by atoms with Crippen LogP contribution in [0, 0.1) is 5.92 Å². The van der Waals surface area contributed by atoms with Gasteiger partial charge in [-0.25, -0.2) is 5.43 Å². The van der Waals surface area contributed by atoms with Crippen LogP contribution in [0.3, 0.4) is 0 Å². The minimum atomic E-state index is -1.20. The molecule has 0 aromatic heterocycles. The van der Waals surface area contributed by atoms with E-state index in [1.165, 1.54) is 4.90 Å². The molecule has 1 saturated heterocycles. The molecule has 3 amide bonds. The zero-order valence-electron chi connectivity index (χ0n) is 14.5. The zero-order valence-corrected chi connectivity index (χ0v) is 16.9. The van der Waals surface area contributed by atoms with Gasteiger partial charge in [-0.15, -0.1) is 0 Å². The Morgan fingerprint density at radius 1 is 1.18 bits per heavy atom. The highest BCUT2D eigenvalue weighted by Gasteiger charge is 2.38. The number of nitrogens with zero attached hydrogens (tertiary/aromatic N) is 2. The van der Waals surface area contributed by atoms with E-state index in [2.05, 4.69) is 31.8 Å². The Bertz CT molecular complexity index is 947. The van der Waals surface area contributed by atoms with Crippen molar-refractivity contribution in [1.82, 2.24) is 10.7 Å². The largest absolute Gasteiger partial charge is 0.301 e. The van der Waals surface area contributed by atoms with E-state index in [-0.39, 0.29) is 17.4 Å². The van der Waals surface area contributed by atoms with E-state index in [9.17, 15) is 14.4 Å². The molecule has 2 N–H and O–H groups in total. The van der Waals surface area contributed by atoms with E-state index in [0.717, 1.165) is 16.3 Å². The molecule has 3 rings (SSSR count). The summed E-state index contributed by atoms with van der Waals surface area (Å²) in [6, 6.07) is 16.1. The van der Waals surface area contributed by atoms with Crippen LogP contribution >= 0.6 is 28.1 Å². The van der Waals surface area contributed by atoms with Crippen molar-refractivity contribution >= 4 is 62.9 Å². The van der Waals surface area contributed by atoms with Gasteiger partial charge in [0, 0.05) is 10.7 Å². The fraction of sp³-hybridized carbons (Fsp3) is 0.105. The van der Waals surface area contributed by atoms with Gasteiger partial charge in [-0.2, -0.15) is 5.10 Å². The van der Waals surface area contributed by atoms with Crippen LogP contribution in [-0.2, 0) is 20.8 Å². The van der Waals surface area contributed by atoms with Crippen LogP contribution in [0.5, 0.6) is 0 Å². The van der Waals surface area contributed by atoms with Crippen molar-refractivity contribution in [2.75, 3.05) is 4.90 Å². The number of anilines is 1. The SMILES string of the molecule is O=C(Cc1ccccc1)N/N=C\[C@H]1C(=O)NC(=S)N(c2ccc(Br)cc2)C1=O. The lowest BCUT2D eigenvalue weighted by Gasteiger charge is -2.30. The van der Waals surface area contributed by atoms with E-state index >= 15 is 0 Å². The first-order valence-corrected chi connectivity index (χ1v) is 9.46. The summed E-state index contributed by atoms with van der Waals surface area (Å²) in [5.74, 6) is -2.69. The molecule has 1 aliphatic rings. The molecule has 0 radical (unpaired) electrons. The van der Waals surface area contributed by atoms with Gasteiger partial charge >= 0.3 is 0 Å². The molecule has 0 bridgehead atoms. The van der Waals surface area contributed by atoms with Crippen LogP contribution < -0.4 is 15.6 Å². The minimum absolute atomic E-state index is 0.00455. The molecule has 0 saturated carbocycles. The second kappa shape index (κ2) is 8.85. The summed E-state index contributed by atoms with van der Waals surface area (Å²) in [6.07, 6.45) is 1.24. The molecule has 1 fully saturated rings. The predicted molar refractivity (Wildman–Crippen MR) is 113 cm³/mol. The monoisotopic (exact) mass is 458 g/mol. The van der Waals surface area contributed by atoms with Crippen LogP contribution in [-0.4, -0.2) is 29.0 Å². The van der Waals surface area contributed by atoms with Gasteiger partial charge in [0.15, 0.2) is 11.0 Å². The van der Waals surface area contributed by atoms with Gasteiger partial charge in [-0.3, -0.25) is 19.3 Å². The molecule has 28 heavy (non-hydrogen) atoms. The lowest BCUT2D eigenvalue weighted by atomic mass is 10.1.